The molecule has 33 heavy (non-hydrogen) atoms. The quantitative estimate of drug-likeness (QED) is 0.160. The zero-order valence-electron chi connectivity index (χ0n) is 17.9. The highest BCUT2D eigenvalue weighted by atomic mass is 32.2. The number of benzene rings is 3. The second kappa shape index (κ2) is 10.6. The number of esters is 1. The Kier molecular flexibility index (Phi) is 7.57. The van der Waals surface area contributed by atoms with Crippen molar-refractivity contribution < 1.29 is 24.0 Å². The van der Waals surface area contributed by atoms with Crippen LogP contribution in [0.15, 0.2) is 77.7 Å². The number of rotatable bonds is 8. The molecule has 9 heteroatoms. The van der Waals surface area contributed by atoms with E-state index in [-0.39, 0.29) is 22.4 Å². The van der Waals surface area contributed by atoms with Crippen LogP contribution in [0.2, 0.25) is 0 Å². The normalized spacial score (nSPS) is 10.4. The van der Waals surface area contributed by atoms with E-state index in [1.807, 2.05) is 6.07 Å². The summed E-state index contributed by atoms with van der Waals surface area (Å²) in [7, 11) is 1.56. The number of nitrogens with zero attached hydrogens (tertiary/aromatic N) is 2. The maximum atomic E-state index is 13.1. The molecule has 0 spiro atoms. The van der Waals surface area contributed by atoms with Crippen LogP contribution in [-0.2, 0) is 9.53 Å². The Bertz CT molecular complexity index is 1210. The summed E-state index contributed by atoms with van der Waals surface area (Å²) in [5, 5.41) is 11.3. The molecule has 0 atom stereocenters. The van der Waals surface area contributed by atoms with Gasteiger partial charge in [0.15, 0.2) is 12.4 Å². The lowest BCUT2D eigenvalue weighted by Crippen LogP contribution is -2.31. The molecule has 0 aromatic heterocycles. The van der Waals surface area contributed by atoms with Crippen LogP contribution in [0, 0.1) is 10.1 Å². The van der Waals surface area contributed by atoms with Crippen molar-refractivity contribution in [3.8, 4) is 0 Å². The van der Waals surface area contributed by atoms with E-state index in [2.05, 4.69) is 0 Å². The molecular formula is C24H20N2O6S. The number of likely N-dealkylation sites (N-methyl/N-ethyl adjacent to an activating group) is 1. The monoisotopic (exact) mass is 464 g/mol. The third kappa shape index (κ3) is 5.45. The van der Waals surface area contributed by atoms with E-state index in [4.69, 9.17) is 4.74 Å². The van der Waals surface area contributed by atoms with Crippen molar-refractivity contribution in [2.75, 3.05) is 24.8 Å². The zero-order chi connectivity index (χ0) is 24.0. The first-order valence-corrected chi connectivity index (χ1v) is 11.0. The number of nitro groups is 1. The largest absolute Gasteiger partial charge is 0.452 e. The summed E-state index contributed by atoms with van der Waals surface area (Å²) in [6.07, 6.45) is 1.70. The zero-order valence-corrected chi connectivity index (χ0v) is 18.7. The fourth-order valence-corrected chi connectivity index (χ4v) is 3.63. The first-order valence-electron chi connectivity index (χ1n) is 9.78. The van der Waals surface area contributed by atoms with Crippen LogP contribution in [0.25, 0.3) is 0 Å². The van der Waals surface area contributed by atoms with E-state index in [0.29, 0.717) is 10.6 Å². The number of nitro benzene ring substituents is 1. The van der Waals surface area contributed by atoms with E-state index in [1.165, 1.54) is 47.0 Å². The van der Waals surface area contributed by atoms with E-state index < -0.39 is 29.2 Å². The molecule has 1 amide bonds. The number of ketones is 1. The van der Waals surface area contributed by atoms with Crippen molar-refractivity contribution in [2.45, 2.75) is 4.90 Å². The fraction of sp³-hybridized carbons (Fsp3) is 0.125. The van der Waals surface area contributed by atoms with Gasteiger partial charge in [0.2, 0.25) is 0 Å². The summed E-state index contributed by atoms with van der Waals surface area (Å²) < 4.78 is 5.16. The number of hydrogen-bond acceptors (Lipinski definition) is 7. The van der Waals surface area contributed by atoms with E-state index >= 15 is 0 Å². The molecule has 0 N–H and O–H groups in total. The van der Waals surface area contributed by atoms with Gasteiger partial charge >= 0.3 is 5.97 Å². The Morgan fingerprint density at radius 3 is 2.24 bits per heavy atom. The molecule has 8 nitrogen and oxygen atoms in total. The molecule has 3 rings (SSSR count). The number of ether oxygens (including phenoxy) is 1. The molecule has 0 radical (unpaired) electrons. The number of carbonyl (C=O) groups excluding carboxylic acids is 3. The minimum Gasteiger partial charge on any atom is -0.452 e. The van der Waals surface area contributed by atoms with Crippen molar-refractivity contribution in [2.24, 2.45) is 0 Å². The summed E-state index contributed by atoms with van der Waals surface area (Å²) >= 11 is 1.19. The number of amides is 1. The fourth-order valence-electron chi connectivity index (χ4n) is 3.09. The average Bonchev–Trinajstić information content (AvgIpc) is 2.86. The predicted octanol–water partition coefficient (Wildman–Crippen LogP) is 4.37. The first-order chi connectivity index (χ1) is 15.8. The Morgan fingerprint density at radius 2 is 1.61 bits per heavy atom. The Labute approximate surface area is 194 Å². The predicted molar refractivity (Wildman–Crippen MR) is 125 cm³/mol. The molecule has 0 saturated heterocycles. The molecule has 0 fully saturated rings. The first kappa shape index (κ1) is 23.7. The van der Waals surface area contributed by atoms with E-state index in [0.717, 1.165) is 0 Å². The van der Waals surface area contributed by atoms with Crippen LogP contribution < -0.4 is 4.90 Å². The van der Waals surface area contributed by atoms with Crippen molar-refractivity contribution in [3.05, 3.63) is 99.6 Å². The molecule has 3 aromatic rings. The second-order valence-electron chi connectivity index (χ2n) is 6.88. The molecule has 0 saturated carbocycles. The van der Waals surface area contributed by atoms with Crippen LogP contribution in [0.3, 0.4) is 0 Å². The summed E-state index contributed by atoms with van der Waals surface area (Å²) in [5.41, 5.74) is 0.513. The van der Waals surface area contributed by atoms with Gasteiger partial charge in [-0.3, -0.25) is 19.7 Å². The van der Waals surface area contributed by atoms with Gasteiger partial charge in [-0.1, -0.05) is 36.4 Å². The van der Waals surface area contributed by atoms with E-state index in [1.54, 1.807) is 49.7 Å². The van der Waals surface area contributed by atoms with Gasteiger partial charge in [0.25, 0.3) is 11.6 Å². The third-order valence-electron chi connectivity index (χ3n) is 4.87. The third-order valence-corrected chi connectivity index (χ3v) is 5.66. The van der Waals surface area contributed by atoms with Crippen LogP contribution >= 0.6 is 11.8 Å². The number of anilines is 1. The van der Waals surface area contributed by atoms with Gasteiger partial charge in [-0.15, -0.1) is 11.8 Å². The summed E-state index contributed by atoms with van der Waals surface area (Å²) in [5.74, 6) is -1.85. The van der Waals surface area contributed by atoms with E-state index in [9.17, 15) is 24.5 Å². The molecule has 0 unspecified atom stereocenters. The Hall–Kier alpha value is -3.98. The molecule has 168 valence electrons. The van der Waals surface area contributed by atoms with Gasteiger partial charge in [0.1, 0.15) is 0 Å². The lowest BCUT2D eigenvalue weighted by Gasteiger charge is -2.17. The molecule has 3 aromatic carbocycles. The maximum absolute atomic E-state index is 13.1. The SMILES string of the molecule is CSc1ccc(C(=O)c2ccccc2C(=O)OCC(=O)N(C)c2ccccc2)cc1[N+](=O)[O-]. The lowest BCUT2D eigenvalue weighted by molar-refractivity contribution is -0.387. The number of thioether (sulfide) groups is 1. The second-order valence-corrected chi connectivity index (χ2v) is 7.73. The highest BCUT2D eigenvalue weighted by Crippen LogP contribution is 2.29. The Balaban J connectivity index is 1.79. The molecule has 0 heterocycles. The number of para-hydroxylation sites is 1. The maximum Gasteiger partial charge on any atom is 0.339 e. The lowest BCUT2D eigenvalue weighted by atomic mass is 9.98. The summed E-state index contributed by atoms with van der Waals surface area (Å²) in [6, 6.07) is 19.0. The van der Waals surface area contributed by atoms with Gasteiger partial charge in [0.05, 0.1) is 15.4 Å². The topological polar surface area (TPSA) is 107 Å². The van der Waals surface area contributed by atoms with Gasteiger partial charge in [-0.25, -0.2) is 4.79 Å². The van der Waals surface area contributed by atoms with Gasteiger partial charge < -0.3 is 9.64 Å². The molecular weight excluding hydrogens is 444 g/mol. The van der Waals surface area contributed by atoms with Crippen molar-refractivity contribution in [1.29, 1.82) is 0 Å². The van der Waals surface area contributed by atoms with Crippen LogP contribution in [0.4, 0.5) is 11.4 Å². The van der Waals surface area contributed by atoms with Crippen LogP contribution in [-0.4, -0.2) is 42.5 Å². The van der Waals surface area contributed by atoms with Crippen molar-refractivity contribution in [1.82, 2.24) is 0 Å². The minimum absolute atomic E-state index is 0.0255. The average molecular weight is 464 g/mol. The molecule has 0 aliphatic rings. The molecule has 0 aliphatic carbocycles. The van der Waals surface area contributed by atoms with Gasteiger partial charge in [0, 0.05) is 29.9 Å². The van der Waals surface area contributed by atoms with Crippen molar-refractivity contribution in [3.63, 3.8) is 0 Å². The minimum atomic E-state index is -0.844. The number of hydrogen-bond donors (Lipinski definition) is 0. The summed E-state index contributed by atoms with van der Waals surface area (Å²) in [6.45, 7) is -0.513. The standard InChI is InChI=1S/C24H20N2O6S/c1-25(17-8-4-3-5-9-17)22(27)15-32-24(29)19-11-7-6-10-18(19)23(28)16-12-13-21(33-2)20(14-16)26(30)31/h3-14H,15H2,1-2H3. The summed E-state index contributed by atoms with van der Waals surface area (Å²) in [4.78, 5) is 50.7. The number of carbonyl (C=O) groups is 3. The van der Waals surface area contributed by atoms with Crippen LogP contribution in [0.5, 0.6) is 0 Å². The van der Waals surface area contributed by atoms with Crippen molar-refractivity contribution >= 4 is 40.8 Å². The highest BCUT2D eigenvalue weighted by molar-refractivity contribution is 7.98. The van der Waals surface area contributed by atoms with Crippen LogP contribution in [0.1, 0.15) is 26.3 Å². The highest BCUT2D eigenvalue weighted by Gasteiger charge is 2.23. The smallest absolute Gasteiger partial charge is 0.339 e. The molecule has 0 aliphatic heterocycles. The Morgan fingerprint density at radius 1 is 0.970 bits per heavy atom. The van der Waals surface area contributed by atoms with Gasteiger partial charge in [-0.2, -0.15) is 0 Å². The molecule has 0 bridgehead atoms. The van der Waals surface area contributed by atoms with Gasteiger partial charge in [-0.05, 0) is 36.6 Å².